The van der Waals surface area contributed by atoms with Crippen molar-refractivity contribution in [3.8, 4) is 11.5 Å². The van der Waals surface area contributed by atoms with Gasteiger partial charge in [-0.2, -0.15) is 0 Å². The predicted molar refractivity (Wildman–Crippen MR) is 137 cm³/mol. The van der Waals surface area contributed by atoms with Gasteiger partial charge in [0.2, 0.25) is 0 Å². The van der Waals surface area contributed by atoms with Gasteiger partial charge in [0.15, 0.2) is 11.5 Å². The van der Waals surface area contributed by atoms with Crippen LogP contribution in [0.4, 0.5) is 0 Å². The molecular formula is C25H27Cl4NO2. The van der Waals surface area contributed by atoms with Gasteiger partial charge in [0.05, 0.1) is 11.6 Å². The number of aryl methyl sites for hydroxylation is 1. The van der Waals surface area contributed by atoms with Gasteiger partial charge in [0, 0.05) is 16.6 Å². The van der Waals surface area contributed by atoms with Crippen LogP contribution >= 0.6 is 47.2 Å². The molecule has 3 nitrogen and oxygen atoms in total. The molecule has 3 rings (SSSR count). The minimum absolute atomic E-state index is 0. The van der Waals surface area contributed by atoms with Crippen molar-refractivity contribution < 1.29 is 9.47 Å². The van der Waals surface area contributed by atoms with Crippen LogP contribution in [0.3, 0.4) is 0 Å². The second-order valence-corrected chi connectivity index (χ2v) is 8.53. The molecule has 0 aliphatic rings. The lowest BCUT2D eigenvalue weighted by molar-refractivity contribution is 0.269. The van der Waals surface area contributed by atoms with Crippen LogP contribution in [0.2, 0.25) is 15.1 Å². The number of hydrogen-bond donors (Lipinski definition) is 1. The minimum atomic E-state index is 0. The molecule has 0 unspecified atom stereocenters. The number of nitrogens with one attached hydrogen (secondary N) is 1. The van der Waals surface area contributed by atoms with Crippen LogP contribution < -0.4 is 14.8 Å². The van der Waals surface area contributed by atoms with E-state index in [1.165, 1.54) is 5.56 Å². The summed E-state index contributed by atoms with van der Waals surface area (Å²) in [5, 5.41) is 5.29. The van der Waals surface area contributed by atoms with Crippen LogP contribution in [0.1, 0.15) is 29.2 Å². The number of rotatable bonds is 10. The average molecular weight is 515 g/mol. The van der Waals surface area contributed by atoms with Crippen LogP contribution in [-0.2, 0) is 19.6 Å². The van der Waals surface area contributed by atoms with Gasteiger partial charge in [0.1, 0.15) is 6.61 Å². The Morgan fingerprint density at radius 3 is 2.28 bits per heavy atom. The maximum Gasteiger partial charge on any atom is 0.180 e. The van der Waals surface area contributed by atoms with Gasteiger partial charge in [-0.1, -0.05) is 70.7 Å². The lowest BCUT2D eigenvalue weighted by Crippen LogP contribution is -2.17. The fraction of sp³-hybridized carbons (Fsp3) is 0.280. The Labute approximate surface area is 211 Å². The highest BCUT2D eigenvalue weighted by Gasteiger charge is 2.13. The predicted octanol–water partition coefficient (Wildman–Crippen LogP) is 7.69. The first kappa shape index (κ1) is 26.6. The molecule has 0 spiro atoms. The third kappa shape index (κ3) is 7.75. The first-order valence-corrected chi connectivity index (χ1v) is 11.4. The highest BCUT2D eigenvalue weighted by molar-refractivity contribution is 6.35. The maximum atomic E-state index is 6.54. The van der Waals surface area contributed by atoms with Crippen molar-refractivity contribution >= 4 is 47.2 Å². The average Bonchev–Trinajstić information content (AvgIpc) is 2.73. The van der Waals surface area contributed by atoms with Crippen molar-refractivity contribution in [1.29, 1.82) is 0 Å². The zero-order valence-corrected chi connectivity index (χ0v) is 21.2. The molecule has 0 saturated heterocycles. The molecule has 0 atom stereocenters. The minimum Gasteiger partial charge on any atom is -0.490 e. The molecule has 0 heterocycles. The van der Waals surface area contributed by atoms with Crippen LogP contribution in [0, 0.1) is 6.92 Å². The van der Waals surface area contributed by atoms with Gasteiger partial charge in [-0.15, -0.1) is 12.4 Å². The summed E-state index contributed by atoms with van der Waals surface area (Å²) >= 11 is 18.7. The van der Waals surface area contributed by atoms with Gasteiger partial charge in [-0.05, 0) is 67.8 Å². The van der Waals surface area contributed by atoms with E-state index in [1.807, 2.05) is 31.2 Å². The normalized spacial score (nSPS) is 10.5. The van der Waals surface area contributed by atoms with Crippen molar-refractivity contribution in [3.63, 3.8) is 0 Å². The lowest BCUT2D eigenvalue weighted by atomic mass is 10.1. The Hall–Kier alpha value is -1.62. The summed E-state index contributed by atoms with van der Waals surface area (Å²) in [5.41, 5.74) is 4.38. The number of ether oxygens (including phenoxy) is 2. The summed E-state index contributed by atoms with van der Waals surface area (Å²) in [6.07, 6.45) is 0.805. The first-order chi connectivity index (χ1) is 15.0. The molecule has 0 fully saturated rings. The first-order valence-electron chi connectivity index (χ1n) is 10.2. The van der Waals surface area contributed by atoms with Crippen LogP contribution in [-0.4, -0.2) is 13.2 Å². The fourth-order valence-corrected chi connectivity index (χ4v) is 3.94. The van der Waals surface area contributed by atoms with Gasteiger partial charge in [-0.25, -0.2) is 0 Å². The summed E-state index contributed by atoms with van der Waals surface area (Å²) in [7, 11) is 0. The van der Waals surface area contributed by atoms with Gasteiger partial charge in [0.25, 0.3) is 0 Å². The Morgan fingerprint density at radius 2 is 1.59 bits per heavy atom. The molecule has 32 heavy (non-hydrogen) atoms. The van der Waals surface area contributed by atoms with Crippen molar-refractivity contribution in [2.24, 2.45) is 0 Å². The summed E-state index contributed by atoms with van der Waals surface area (Å²) < 4.78 is 11.8. The molecule has 0 saturated carbocycles. The van der Waals surface area contributed by atoms with E-state index in [1.54, 1.807) is 6.07 Å². The molecule has 7 heteroatoms. The highest BCUT2D eigenvalue weighted by Crippen LogP contribution is 2.37. The van der Waals surface area contributed by atoms with Crippen LogP contribution in [0.25, 0.3) is 0 Å². The molecule has 0 bridgehead atoms. The van der Waals surface area contributed by atoms with E-state index >= 15 is 0 Å². The van der Waals surface area contributed by atoms with Gasteiger partial charge < -0.3 is 14.8 Å². The van der Waals surface area contributed by atoms with Crippen molar-refractivity contribution in [2.45, 2.75) is 33.4 Å². The molecule has 0 amide bonds. The maximum absolute atomic E-state index is 6.54. The molecule has 0 aromatic heterocycles. The van der Waals surface area contributed by atoms with E-state index in [2.05, 4.69) is 36.5 Å². The van der Waals surface area contributed by atoms with E-state index in [0.717, 1.165) is 29.7 Å². The summed E-state index contributed by atoms with van der Waals surface area (Å²) in [6, 6.07) is 17.7. The lowest BCUT2D eigenvalue weighted by Gasteiger charge is -2.16. The molecule has 3 aromatic rings. The summed E-state index contributed by atoms with van der Waals surface area (Å²) in [4.78, 5) is 0. The Bertz CT molecular complexity index is 1010. The Balaban J connectivity index is 0.00000363. The zero-order chi connectivity index (χ0) is 22.2. The monoisotopic (exact) mass is 513 g/mol. The van der Waals surface area contributed by atoms with Gasteiger partial charge >= 0.3 is 0 Å². The largest absolute Gasteiger partial charge is 0.490 e. The Morgan fingerprint density at radius 1 is 0.844 bits per heavy atom. The SMILES string of the molecule is CCOc1cc(CNCCc2ccc(Cl)cc2Cl)cc(Cl)c1OCc1ccc(C)cc1.Cl. The smallest absolute Gasteiger partial charge is 0.180 e. The standard InChI is InChI=1S/C25H26Cl3NO2.ClH/c1-3-30-24-13-19(15-29-11-10-20-8-9-21(26)14-22(20)27)12-23(28)25(24)31-16-18-6-4-17(2)5-7-18;/h4-9,12-14,29H,3,10-11,15-16H2,1-2H3;1H. The molecule has 3 aromatic carbocycles. The van der Waals surface area contributed by atoms with E-state index < -0.39 is 0 Å². The second-order valence-electron chi connectivity index (χ2n) is 7.27. The van der Waals surface area contributed by atoms with E-state index in [0.29, 0.717) is 46.3 Å². The molecule has 172 valence electrons. The van der Waals surface area contributed by atoms with Crippen molar-refractivity contribution in [1.82, 2.24) is 5.32 Å². The van der Waals surface area contributed by atoms with E-state index in [-0.39, 0.29) is 12.4 Å². The zero-order valence-electron chi connectivity index (χ0n) is 18.1. The molecular weight excluding hydrogens is 488 g/mol. The fourth-order valence-electron chi connectivity index (χ4n) is 3.15. The molecule has 0 radical (unpaired) electrons. The van der Waals surface area contributed by atoms with E-state index in [4.69, 9.17) is 44.3 Å². The van der Waals surface area contributed by atoms with Crippen molar-refractivity contribution in [2.75, 3.05) is 13.2 Å². The van der Waals surface area contributed by atoms with Crippen LogP contribution in [0.15, 0.2) is 54.6 Å². The summed E-state index contributed by atoms with van der Waals surface area (Å²) in [5.74, 6) is 1.22. The van der Waals surface area contributed by atoms with Crippen molar-refractivity contribution in [3.05, 3.63) is 91.9 Å². The summed E-state index contributed by atoms with van der Waals surface area (Å²) in [6.45, 7) is 6.39. The second kappa shape index (κ2) is 13.2. The van der Waals surface area contributed by atoms with E-state index in [9.17, 15) is 0 Å². The third-order valence-electron chi connectivity index (χ3n) is 4.79. The number of benzene rings is 3. The van der Waals surface area contributed by atoms with Gasteiger partial charge in [-0.3, -0.25) is 0 Å². The Kier molecular flexibility index (Phi) is 11.0. The molecule has 1 N–H and O–H groups in total. The quantitative estimate of drug-likeness (QED) is 0.281. The number of hydrogen-bond acceptors (Lipinski definition) is 3. The topological polar surface area (TPSA) is 30.5 Å². The highest BCUT2D eigenvalue weighted by atomic mass is 35.5. The molecule has 0 aliphatic carbocycles. The van der Waals surface area contributed by atoms with Crippen LogP contribution in [0.5, 0.6) is 11.5 Å². The third-order valence-corrected chi connectivity index (χ3v) is 5.66. The number of halogens is 4. The molecule has 0 aliphatic heterocycles.